The van der Waals surface area contributed by atoms with Crippen molar-refractivity contribution in [3.8, 4) is 0 Å². The van der Waals surface area contributed by atoms with Crippen LogP contribution >= 0.6 is 0 Å². The maximum atomic E-state index is 13.6. The number of nitrogens with one attached hydrogen (secondary N) is 1. The molecule has 2 aliphatic rings. The van der Waals surface area contributed by atoms with E-state index in [1.807, 2.05) is 19.9 Å². The molecule has 3 N–H and O–H groups in total. The monoisotopic (exact) mass is 516 g/mol. The number of aryl methyl sites for hydroxylation is 1. The summed E-state index contributed by atoms with van der Waals surface area (Å²) in [6.07, 6.45) is 6.06. The third-order valence-electron chi connectivity index (χ3n) is 8.31. The summed E-state index contributed by atoms with van der Waals surface area (Å²) < 4.78 is 11.4. The van der Waals surface area contributed by atoms with Gasteiger partial charge in [0, 0.05) is 19.3 Å². The Kier molecular flexibility index (Phi) is 9.19. The summed E-state index contributed by atoms with van der Waals surface area (Å²) in [7, 11) is 0. The lowest BCUT2D eigenvalue weighted by molar-refractivity contribution is -0.143. The van der Waals surface area contributed by atoms with Gasteiger partial charge in [0.15, 0.2) is 5.89 Å². The number of nitrogens with zero attached hydrogens (tertiary/aromatic N) is 1. The summed E-state index contributed by atoms with van der Waals surface area (Å²) in [5.41, 5.74) is 0.0454. The van der Waals surface area contributed by atoms with Crippen molar-refractivity contribution in [2.75, 3.05) is 0 Å². The Morgan fingerprint density at radius 1 is 1.30 bits per heavy atom. The first-order chi connectivity index (χ1) is 17.3. The van der Waals surface area contributed by atoms with Crippen LogP contribution in [0.2, 0.25) is 0 Å². The second-order valence-corrected chi connectivity index (χ2v) is 11.8. The van der Waals surface area contributed by atoms with Crippen molar-refractivity contribution in [3.63, 3.8) is 0 Å². The molecule has 1 aromatic rings. The highest BCUT2D eigenvalue weighted by Gasteiger charge is 2.52. The Bertz CT molecular complexity index is 1010. The molecule has 1 aromatic heterocycles. The van der Waals surface area contributed by atoms with E-state index in [0.717, 1.165) is 24.8 Å². The maximum Gasteiger partial charge on any atom is 0.223 e. The van der Waals surface area contributed by atoms with Crippen LogP contribution in [0.25, 0.3) is 6.08 Å². The minimum Gasteiger partial charge on any atom is -0.449 e. The van der Waals surface area contributed by atoms with Crippen LogP contribution < -0.4 is 5.32 Å². The summed E-state index contributed by atoms with van der Waals surface area (Å²) in [4.78, 5) is 31.0. The number of Topliss-reactive ketones (excluding diaryl/α,β-unsaturated/α-hetero) is 1. The van der Waals surface area contributed by atoms with E-state index in [9.17, 15) is 19.8 Å². The second-order valence-electron chi connectivity index (χ2n) is 11.8. The lowest BCUT2D eigenvalue weighted by atomic mass is 9.71. The van der Waals surface area contributed by atoms with E-state index < -0.39 is 23.5 Å². The Labute approximate surface area is 220 Å². The number of rotatable bonds is 4. The van der Waals surface area contributed by atoms with Gasteiger partial charge in [-0.15, -0.1) is 6.58 Å². The Morgan fingerprint density at radius 3 is 2.62 bits per heavy atom. The molecular formula is C29H44N2O6. The van der Waals surface area contributed by atoms with Crippen molar-refractivity contribution < 1.29 is 29.0 Å². The van der Waals surface area contributed by atoms with Crippen LogP contribution in [0, 0.1) is 24.2 Å². The molecule has 8 heteroatoms. The molecule has 0 radical (unpaired) electrons. The Hall–Kier alpha value is -2.29. The van der Waals surface area contributed by atoms with Gasteiger partial charge in [-0.25, -0.2) is 4.98 Å². The molecule has 2 aliphatic heterocycles. The number of oxazole rings is 1. The van der Waals surface area contributed by atoms with Crippen LogP contribution in [0.5, 0.6) is 0 Å². The highest BCUT2D eigenvalue weighted by atomic mass is 16.6. The first kappa shape index (κ1) is 29.3. The zero-order valence-electron chi connectivity index (χ0n) is 23.1. The van der Waals surface area contributed by atoms with Gasteiger partial charge in [-0.2, -0.15) is 0 Å². The largest absolute Gasteiger partial charge is 0.449 e. The zero-order valence-corrected chi connectivity index (χ0v) is 23.1. The molecule has 0 aromatic carbocycles. The zero-order chi connectivity index (χ0) is 27.5. The minimum atomic E-state index is -1.22. The number of epoxide rings is 1. The maximum absolute atomic E-state index is 13.6. The number of carbonyl (C=O) groups excluding carboxylic acids is 2. The number of carbonyl (C=O) groups is 2. The van der Waals surface area contributed by atoms with E-state index in [1.165, 1.54) is 0 Å². The predicted octanol–water partition coefficient (Wildman–Crippen LogP) is 4.14. The number of hydrogen-bond acceptors (Lipinski definition) is 7. The fourth-order valence-corrected chi connectivity index (χ4v) is 5.41. The molecule has 0 spiro atoms. The van der Waals surface area contributed by atoms with Gasteiger partial charge in [0.1, 0.15) is 17.7 Å². The molecule has 0 saturated carbocycles. The molecule has 3 rings (SSSR count). The van der Waals surface area contributed by atoms with Crippen molar-refractivity contribution in [2.45, 2.75) is 110 Å². The number of amides is 1. The van der Waals surface area contributed by atoms with Crippen LogP contribution in [0.3, 0.4) is 0 Å². The second kappa shape index (κ2) is 11.6. The molecule has 206 valence electrons. The van der Waals surface area contributed by atoms with Crippen molar-refractivity contribution in [1.82, 2.24) is 10.3 Å². The number of ether oxygens (including phenoxy) is 1. The Balaban J connectivity index is 1.88. The fourth-order valence-electron chi connectivity index (χ4n) is 5.41. The quantitative estimate of drug-likeness (QED) is 0.406. The molecule has 2 saturated heterocycles. The van der Waals surface area contributed by atoms with Gasteiger partial charge < -0.3 is 24.7 Å². The normalized spacial score (nSPS) is 35.9. The number of aromatic nitrogens is 1. The van der Waals surface area contributed by atoms with Gasteiger partial charge in [0.25, 0.3) is 0 Å². The Morgan fingerprint density at radius 2 is 2.00 bits per heavy atom. The number of hydrogen-bond donors (Lipinski definition) is 3. The van der Waals surface area contributed by atoms with Gasteiger partial charge >= 0.3 is 0 Å². The van der Waals surface area contributed by atoms with Crippen LogP contribution in [0.15, 0.2) is 28.9 Å². The topological polar surface area (TPSA) is 125 Å². The number of fused-ring (bicyclic) bond motifs is 1. The van der Waals surface area contributed by atoms with E-state index in [4.69, 9.17) is 9.15 Å². The average Bonchev–Trinajstić information content (AvgIpc) is 3.27. The SMILES string of the molecule is C=CCC1C(=O)C(C)(C)C(O)CC(=O)NC(C(C)=Cc2coc(C)n2)CC2OC2(C)CCCC(C)C1O. The van der Waals surface area contributed by atoms with Crippen LogP contribution in [-0.2, 0) is 14.3 Å². The fraction of sp³-hybridized carbons (Fsp3) is 0.690. The number of ketones is 1. The molecule has 7 atom stereocenters. The van der Waals surface area contributed by atoms with Crippen molar-refractivity contribution in [3.05, 3.63) is 36.1 Å². The average molecular weight is 517 g/mol. The lowest BCUT2D eigenvalue weighted by Gasteiger charge is -2.36. The molecular weight excluding hydrogens is 472 g/mol. The minimum absolute atomic E-state index is 0.0233. The molecule has 2 fully saturated rings. The highest BCUT2D eigenvalue weighted by molar-refractivity contribution is 5.88. The number of allylic oxidation sites excluding steroid dienone is 1. The summed E-state index contributed by atoms with van der Waals surface area (Å²) in [6.45, 7) is 14.8. The van der Waals surface area contributed by atoms with Crippen molar-refractivity contribution in [1.29, 1.82) is 0 Å². The van der Waals surface area contributed by atoms with Gasteiger partial charge in [-0.05, 0) is 50.7 Å². The van der Waals surface area contributed by atoms with Crippen molar-refractivity contribution in [2.24, 2.45) is 17.3 Å². The van der Waals surface area contributed by atoms with Gasteiger partial charge in [-0.1, -0.05) is 33.3 Å². The molecule has 1 amide bonds. The van der Waals surface area contributed by atoms with E-state index in [-0.39, 0.29) is 41.8 Å². The van der Waals surface area contributed by atoms with Crippen LogP contribution in [-0.4, -0.2) is 56.8 Å². The van der Waals surface area contributed by atoms with E-state index in [2.05, 4.69) is 23.8 Å². The molecule has 3 heterocycles. The summed E-state index contributed by atoms with van der Waals surface area (Å²) in [5, 5.41) is 25.2. The van der Waals surface area contributed by atoms with Gasteiger partial charge in [0.2, 0.25) is 5.91 Å². The predicted molar refractivity (Wildman–Crippen MR) is 141 cm³/mol. The number of aliphatic hydroxyl groups is 2. The molecule has 7 unspecified atom stereocenters. The van der Waals surface area contributed by atoms with Crippen LogP contribution in [0.4, 0.5) is 0 Å². The third kappa shape index (κ3) is 6.98. The molecule has 0 bridgehead atoms. The smallest absolute Gasteiger partial charge is 0.223 e. The first-order valence-electron chi connectivity index (χ1n) is 13.4. The lowest BCUT2D eigenvalue weighted by Crippen LogP contribution is -2.48. The van der Waals surface area contributed by atoms with Gasteiger partial charge in [0.05, 0.1) is 41.8 Å². The molecule has 37 heavy (non-hydrogen) atoms. The molecule has 8 nitrogen and oxygen atoms in total. The molecule has 0 aliphatic carbocycles. The number of aliphatic hydroxyl groups excluding tert-OH is 2. The summed E-state index contributed by atoms with van der Waals surface area (Å²) >= 11 is 0. The van der Waals surface area contributed by atoms with E-state index in [1.54, 1.807) is 33.1 Å². The third-order valence-corrected chi connectivity index (χ3v) is 8.31. The first-order valence-corrected chi connectivity index (χ1v) is 13.4. The van der Waals surface area contributed by atoms with Crippen LogP contribution in [0.1, 0.15) is 84.7 Å². The van der Waals surface area contributed by atoms with E-state index in [0.29, 0.717) is 24.4 Å². The highest BCUT2D eigenvalue weighted by Crippen LogP contribution is 2.44. The summed E-state index contributed by atoms with van der Waals surface area (Å²) in [5.74, 6) is -0.861. The standard InChI is InChI=1S/C29H44N2O6/c1-8-10-21-26(34)17(2)11-9-12-29(7)24(37-29)14-22(18(3)13-20-16-36-19(4)30-20)31-25(33)15-23(32)28(5,6)27(21)35/h8,13,16-17,21-24,26,32,34H,1,9-12,14-15H2,2-7H3,(H,31,33). The summed E-state index contributed by atoms with van der Waals surface area (Å²) in [6, 6.07) is -0.329. The van der Waals surface area contributed by atoms with Crippen molar-refractivity contribution >= 4 is 17.8 Å². The van der Waals surface area contributed by atoms with E-state index >= 15 is 0 Å². The van der Waals surface area contributed by atoms with Gasteiger partial charge in [-0.3, -0.25) is 9.59 Å².